The lowest BCUT2D eigenvalue weighted by molar-refractivity contribution is 0.300. The van der Waals surface area contributed by atoms with E-state index in [0.717, 1.165) is 22.0 Å². The summed E-state index contributed by atoms with van der Waals surface area (Å²) in [5.41, 5.74) is 0.836. The first kappa shape index (κ1) is 16.2. The van der Waals surface area contributed by atoms with Crippen molar-refractivity contribution in [2.24, 2.45) is 0 Å². The van der Waals surface area contributed by atoms with Gasteiger partial charge >= 0.3 is 0 Å². The minimum atomic E-state index is -3.57. The van der Waals surface area contributed by atoms with Gasteiger partial charge in [0.2, 0.25) is 0 Å². The molecule has 0 fully saturated rings. The average Bonchev–Trinajstić information content (AvgIpc) is 2.96. The average molecular weight is 329 g/mol. The summed E-state index contributed by atoms with van der Waals surface area (Å²) in [6.07, 6.45) is 0.468. The van der Waals surface area contributed by atoms with Crippen molar-refractivity contribution < 1.29 is 17.9 Å². The maximum atomic E-state index is 12.4. The monoisotopic (exact) mass is 329 g/mol. The number of hydrogen-bond acceptors (Lipinski definition) is 5. The Labute approximate surface area is 128 Å². The molecular weight excluding hydrogens is 310 g/mol. The van der Waals surface area contributed by atoms with Crippen LogP contribution in [0.15, 0.2) is 26.8 Å². The summed E-state index contributed by atoms with van der Waals surface area (Å²) in [6.45, 7) is 5.45. The molecule has 2 heterocycles. The van der Waals surface area contributed by atoms with Gasteiger partial charge in [-0.3, -0.25) is 0 Å². The molecule has 2 aromatic heterocycles. The number of hydrogen-bond donors (Lipinski definition) is 2. The molecule has 0 bridgehead atoms. The fraction of sp³-hybridized carbons (Fsp3) is 0.429. The summed E-state index contributed by atoms with van der Waals surface area (Å²) in [5, 5.41) is 8.89. The van der Waals surface area contributed by atoms with Crippen molar-refractivity contribution in [1.29, 1.82) is 0 Å². The zero-order valence-corrected chi connectivity index (χ0v) is 13.8. The Kier molecular flexibility index (Phi) is 4.88. The van der Waals surface area contributed by atoms with Crippen molar-refractivity contribution in [3.8, 4) is 0 Å². The third-order valence-corrected chi connectivity index (χ3v) is 6.32. The van der Waals surface area contributed by atoms with Crippen LogP contribution in [0.2, 0.25) is 0 Å². The van der Waals surface area contributed by atoms with Crippen LogP contribution in [-0.2, 0) is 16.4 Å². The van der Waals surface area contributed by atoms with Crippen LogP contribution in [0, 0.1) is 13.8 Å². The van der Waals surface area contributed by atoms with E-state index in [9.17, 15) is 8.42 Å². The first-order chi connectivity index (χ1) is 9.83. The van der Waals surface area contributed by atoms with Crippen LogP contribution in [0.25, 0.3) is 0 Å². The zero-order chi connectivity index (χ0) is 15.6. The van der Waals surface area contributed by atoms with E-state index in [4.69, 9.17) is 9.52 Å². The quantitative estimate of drug-likeness (QED) is 0.853. The molecule has 0 aliphatic carbocycles. The highest BCUT2D eigenvalue weighted by Gasteiger charge is 2.22. The number of aliphatic hydroxyl groups is 1. The number of sulfonamides is 1. The van der Waals surface area contributed by atoms with Crippen LogP contribution in [0.3, 0.4) is 0 Å². The van der Waals surface area contributed by atoms with Crippen molar-refractivity contribution in [2.45, 2.75) is 37.4 Å². The molecule has 116 valence electrons. The van der Waals surface area contributed by atoms with Gasteiger partial charge in [-0.25, -0.2) is 13.1 Å². The van der Waals surface area contributed by atoms with Crippen molar-refractivity contribution in [1.82, 2.24) is 4.72 Å². The van der Waals surface area contributed by atoms with Gasteiger partial charge in [0.15, 0.2) is 0 Å². The Balaban J connectivity index is 2.18. The van der Waals surface area contributed by atoms with Gasteiger partial charge in [0.05, 0.1) is 0 Å². The summed E-state index contributed by atoms with van der Waals surface area (Å²) in [7, 11) is -3.57. The zero-order valence-electron chi connectivity index (χ0n) is 12.2. The van der Waals surface area contributed by atoms with E-state index in [1.807, 2.05) is 19.9 Å². The maximum Gasteiger partial charge on any atom is 0.250 e. The molecule has 5 nitrogen and oxygen atoms in total. The molecular formula is C14H19NO4S2. The summed E-state index contributed by atoms with van der Waals surface area (Å²) < 4.78 is 33.1. The summed E-state index contributed by atoms with van der Waals surface area (Å²) in [4.78, 5) is 0.848. The van der Waals surface area contributed by atoms with Crippen molar-refractivity contribution in [3.63, 3.8) is 0 Å². The summed E-state index contributed by atoms with van der Waals surface area (Å²) in [6, 6.07) is 4.77. The maximum absolute atomic E-state index is 12.4. The number of furan rings is 1. The van der Waals surface area contributed by atoms with Gasteiger partial charge in [-0.1, -0.05) is 0 Å². The van der Waals surface area contributed by atoms with E-state index in [-0.39, 0.29) is 16.9 Å². The highest BCUT2D eigenvalue weighted by Crippen LogP contribution is 2.26. The Morgan fingerprint density at radius 1 is 1.38 bits per heavy atom. The van der Waals surface area contributed by atoms with Gasteiger partial charge in [-0.2, -0.15) is 0 Å². The van der Waals surface area contributed by atoms with Gasteiger partial charge in [-0.15, -0.1) is 11.3 Å². The molecule has 0 saturated heterocycles. The van der Waals surface area contributed by atoms with Gasteiger partial charge in [-0.05, 0) is 39.0 Å². The second-order valence-electron chi connectivity index (χ2n) is 4.91. The predicted octanol–water partition coefficient (Wildman–Crippen LogP) is 2.53. The van der Waals surface area contributed by atoms with E-state index in [1.54, 1.807) is 19.1 Å². The third kappa shape index (κ3) is 3.74. The molecule has 1 unspecified atom stereocenters. The number of rotatable bonds is 6. The number of nitrogens with one attached hydrogen (secondary N) is 1. The van der Waals surface area contributed by atoms with Gasteiger partial charge < -0.3 is 9.52 Å². The van der Waals surface area contributed by atoms with Crippen molar-refractivity contribution in [3.05, 3.63) is 40.2 Å². The Morgan fingerprint density at radius 2 is 2.10 bits per heavy atom. The largest absolute Gasteiger partial charge is 0.466 e. The van der Waals surface area contributed by atoms with Crippen LogP contribution in [0.4, 0.5) is 0 Å². The van der Waals surface area contributed by atoms with Crippen LogP contribution in [-0.4, -0.2) is 20.1 Å². The molecule has 0 aliphatic heterocycles. The normalized spacial score (nSPS) is 13.5. The van der Waals surface area contributed by atoms with Crippen molar-refractivity contribution >= 4 is 21.4 Å². The van der Waals surface area contributed by atoms with E-state index in [2.05, 4.69) is 4.72 Å². The van der Waals surface area contributed by atoms with Crippen LogP contribution >= 0.6 is 11.3 Å². The molecule has 2 aromatic rings. The molecule has 21 heavy (non-hydrogen) atoms. The Morgan fingerprint density at radius 3 is 2.67 bits per heavy atom. The molecule has 7 heteroatoms. The Bertz CT molecular complexity index is 715. The highest BCUT2D eigenvalue weighted by molar-refractivity contribution is 7.91. The van der Waals surface area contributed by atoms with Crippen LogP contribution in [0.1, 0.15) is 34.9 Å². The second kappa shape index (κ2) is 6.31. The van der Waals surface area contributed by atoms with E-state index >= 15 is 0 Å². The predicted molar refractivity (Wildman–Crippen MR) is 82.0 cm³/mol. The number of aryl methyl sites for hydroxylation is 2. The molecule has 0 aromatic carbocycles. The van der Waals surface area contributed by atoms with E-state index in [1.165, 1.54) is 11.3 Å². The molecule has 0 amide bonds. The molecule has 2 N–H and O–H groups in total. The van der Waals surface area contributed by atoms with E-state index in [0.29, 0.717) is 6.42 Å². The summed E-state index contributed by atoms with van der Waals surface area (Å²) in [5.74, 6) is 1.48. The first-order valence-corrected chi connectivity index (χ1v) is 8.92. The molecule has 2 rings (SSSR count). The van der Waals surface area contributed by atoms with Crippen LogP contribution in [0.5, 0.6) is 0 Å². The van der Waals surface area contributed by atoms with E-state index < -0.39 is 10.0 Å². The molecule has 1 atom stereocenters. The summed E-state index contributed by atoms with van der Waals surface area (Å²) >= 11 is 1.18. The highest BCUT2D eigenvalue weighted by atomic mass is 32.2. The number of aliphatic hydroxyl groups excluding tert-OH is 1. The fourth-order valence-electron chi connectivity index (χ4n) is 2.18. The second-order valence-corrected chi connectivity index (χ2v) is 8.02. The molecule has 0 aliphatic rings. The lowest BCUT2D eigenvalue weighted by atomic mass is 10.1. The minimum absolute atomic E-state index is 0.0112. The van der Waals surface area contributed by atoms with Gasteiger partial charge in [0, 0.05) is 29.5 Å². The van der Waals surface area contributed by atoms with Crippen molar-refractivity contribution in [2.75, 3.05) is 6.61 Å². The Hall–Kier alpha value is -1.15. The smallest absolute Gasteiger partial charge is 0.250 e. The number of thiophene rings is 1. The SMILES string of the molecule is Cc1cc(C(C)NS(=O)(=O)c2ccc(CCO)s2)c(C)o1. The standard InChI is InChI=1S/C14H19NO4S2/c1-9-8-13(11(3)19-9)10(2)15-21(17,18)14-5-4-12(20-14)6-7-16/h4-5,8,10,15-16H,6-7H2,1-3H3. The fourth-order valence-corrected chi connectivity index (χ4v) is 4.77. The molecule has 0 spiro atoms. The molecule has 0 saturated carbocycles. The molecule has 0 radical (unpaired) electrons. The third-order valence-electron chi connectivity index (χ3n) is 3.14. The minimum Gasteiger partial charge on any atom is -0.466 e. The van der Waals surface area contributed by atoms with Gasteiger partial charge in [0.1, 0.15) is 15.7 Å². The topological polar surface area (TPSA) is 79.5 Å². The van der Waals surface area contributed by atoms with Gasteiger partial charge in [0.25, 0.3) is 10.0 Å². The first-order valence-electron chi connectivity index (χ1n) is 6.62. The lowest BCUT2D eigenvalue weighted by Gasteiger charge is -2.12. The lowest BCUT2D eigenvalue weighted by Crippen LogP contribution is -2.26. The van der Waals surface area contributed by atoms with Crippen LogP contribution < -0.4 is 4.72 Å².